The van der Waals surface area contributed by atoms with Crippen molar-refractivity contribution in [3.05, 3.63) is 35.2 Å². The van der Waals surface area contributed by atoms with Gasteiger partial charge in [0.1, 0.15) is 11.3 Å². The molecule has 0 bridgehead atoms. The molecule has 3 heterocycles. The van der Waals surface area contributed by atoms with Crippen molar-refractivity contribution in [3.8, 4) is 5.69 Å². The van der Waals surface area contributed by atoms with Crippen LogP contribution >= 0.6 is 11.6 Å². The Morgan fingerprint density at radius 1 is 1.27 bits per heavy atom. The number of hydrogen-bond acceptors (Lipinski definition) is 6. The molecule has 3 aromatic rings. The number of fused-ring (bicyclic) bond motifs is 1. The summed E-state index contributed by atoms with van der Waals surface area (Å²) in [5, 5.41) is 3.64. The van der Waals surface area contributed by atoms with E-state index in [4.69, 9.17) is 22.1 Å². The van der Waals surface area contributed by atoms with Crippen LogP contribution in [0.5, 0.6) is 0 Å². The van der Waals surface area contributed by atoms with Crippen LogP contribution < -0.4 is 11.1 Å². The number of anilines is 2. The summed E-state index contributed by atoms with van der Waals surface area (Å²) in [7, 11) is 0. The number of nitrogens with two attached hydrogens (primary N) is 1. The van der Waals surface area contributed by atoms with Crippen LogP contribution in [0.25, 0.3) is 16.9 Å². The molecule has 0 radical (unpaired) electrons. The summed E-state index contributed by atoms with van der Waals surface area (Å²) in [6.45, 7) is 3.50. The summed E-state index contributed by atoms with van der Waals surface area (Å²) in [5.74, 6) is 0.187. The monoisotopic (exact) mass is 376 g/mol. The molecule has 1 saturated heterocycles. The van der Waals surface area contributed by atoms with Crippen LogP contribution in [0.2, 0.25) is 5.02 Å². The van der Waals surface area contributed by atoms with Crippen molar-refractivity contribution in [1.82, 2.24) is 19.5 Å². The Kier molecular flexibility index (Phi) is 4.16. The van der Waals surface area contributed by atoms with Gasteiger partial charge in [0.05, 0.1) is 11.9 Å². The van der Waals surface area contributed by atoms with E-state index in [0.29, 0.717) is 36.0 Å². The molecule has 26 heavy (non-hydrogen) atoms. The molecule has 1 aromatic carbocycles. The lowest BCUT2D eigenvalue weighted by atomic mass is 9.93. The van der Waals surface area contributed by atoms with E-state index in [1.165, 1.54) is 12.1 Å². The van der Waals surface area contributed by atoms with Crippen molar-refractivity contribution in [2.45, 2.75) is 25.3 Å². The third-order valence-electron chi connectivity index (χ3n) is 4.54. The Hall–Kier alpha value is -2.45. The number of nitrogen functional groups attached to an aromatic ring is 1. The van der Waals surface area contributed by atoms with Gasteiger partial charge in [-0.05, 0) is 38.0 Å². The largest absolute Gasteiger partial charge is 0.381 e. The molecule has 7 nitrogen and oxygen atoms in total. The number of ether oxygens (including phenoxy) is 1. The number of imidazole rings is 1. The highest BCUT2D eigenvalue weighted by Crippen LogP contribution is 2.27. The van der Waals surface area contributed by atoms with E-state index >= 15 is 0 Å². The number of nitrogens with zero attached hydrogens (tertiary/aromatic N) is 4. The maximum Gasteiger partial charge on any atom is 0.225 e. The molecule has 0 saturated carbocycles. The average molecular weight is 377 g/mol. The van der Waals surface area contributed by atoms with E-state index in [1.807, 2.05) is 0 Å². The fourth-order valence-corrected chi connectivity index (χ4v) is 3.31. The summed E-state index contributed by atoms with van der Waals surface area (Å²) in [5.41, 5.74) is 7.34. The van der Waals surface area contributed by atoms with Crippen molar-refractivity contribution < 1.29 is 9.13 Å². The van der Waals surface area contributed by atoms with Gasteiger partial charge in [-0.25, -0.2) is 14.4 Å². The van der Waals surface area contributed by atoms with Gasteiger partial charge in [-0.3, -0.25) is 4.57 Å². The molecule has 0 spiro atoms. The van der Waals surface area contributed by atoms with E-state index in [1.54, 1.807) is 16.8 Å². The first kappa shape index (κ1) is 17.0. The molecule has 0 atom stereocenters. The fraction of sp³-hybridized carbons (Fsp3) is 0.353. The van der Waals surface area contributed by atoms with E-state index in [9.17, 15) is 4.39 Å². The van der Waals surface area contributed by atoms with Crippen molar-refractivity contribution in [2.75, 3.05) is 24.3 Å². The van der Waals surface area contributed by atoms with Gasteiger partial charge in [0.2, 0.25) is 11.9 Å². The lowest BCUT2D eigenvalue weighted by Crippen LogP contribution is -2.41. The number of aromatic nitrogens is 4. The first-order chi connectivity index (χ1) is 12.4. The van der Waals surface area contributed by atoms with Gasteiger partial charge in [0, 0.05) is 23.8 Å². The molecule has 0 aliphatic carbocycles. The zero-order valence-electron chi connectivity index (χ0n) is 14.2. The van der Waals surface area contributed by atoms with Crippen LogP contribution in [0.1, 0.15) is 19.8 Å². The minimum atomic E-state index is -0.462. The average Bonchev–Trinajstić information content (AvgIpc) is 2.89. The van der Waals surface area contributed by atoms with Crippen molar-refractivity contribution in [3.63, 3.8) is 0 Å². The number of rotatable bonds is 3. The fourth-order valence-electron chi connectivity index (χ4n) is 3.09. The van der Waals surface area contributed by atoms with Crippen molar-refractivity contribution in [2.24, 2.45) is 0 Å². The quantitative estimate of drug-likeness (QED) is 0.729. The number of nitrogens with one attached hydrogen (secondary N) is 1. The number of halogens is 2. The third-order valence-corrected chi connectivity index (χ3v) is 4.76. The molecular weight excluding hydrogens is 359 g/mol. The summed E-state index contributed by atoms with van der Waals surface area (Å²) in [4.78, 5) is 13.2. The Morgan fingerprint density at radius 3 is 2.77 bits per heavy atom. The predicted octanol–water partition coefficient (Wildman–Crippen LogP) is 3.17. The molecule has 3 N–H and O–H groups in total. The Balaban J connectivity index is 1.77. The Labute approximate surface area is 154 Å². The van der Waals surface area contributed by atoms with E-state index < -0.39 is 5.82 Å². The summed E-state index contributed by atoms with van der Waals surface area (Å²) < 4.78 is 20.7. The number of hydrogen-bond donors (Lipinski definition) is 2. The molecular formula is C17H18ClFN6O. The van der Waals surface area contributed by atoms with Gasteiger partial charge in [0.25, 0.3) is 0 Å². The zero-order valence-corrected chi connectivity index (χ0v) is 14.9. The SMILES string of the molecule is CC1(Nc2ncc3nc(N)n(-c4cc(F)cc(Cl)c4)c3n2)CCOCC1. The second-order valence-electron chi connectivity index (χ2n) is 6.63. The molecule has 136 valence electrons. The minimum Gasteiger partial charge on any atom is -0.381 e. The summed E-state index contributed by atoms with van der Waals surface area (Å²) in [6.07, 6.45) is 3.31. The zero-order chi connectivity index (χ0) is 18.3. The lowest BCUT2D eigenvalue weighted by Gasteiger charge is -2.34. The van der Waals surface area contributed by atoms with Crippen LogP contribution in [-0.2, 0) is 4.74 Å². The van der Waals surface area contributed by atoms with Gasteiger partial charge >= 0.3 is 0 Å². The molecule has 4 rings (SSSR count). The van der Waals surface area contributed by atoms with Crippen LogP contribution in [0, 0.1) is 5.82 Å². The predicted molar refractivity (Wildman–Crippen MR) is 98.1 cm³/mol. The van der Waals surface area contributed by atoms with Gasteiger partial charge in [-0.2, -0.15) is 4.98 Å². The highest BCUT2D eigenvalue weighted by Gasteiger charge is 2.28. The molecule has 1 aliphatic rings. The maximum atomic E-state index is 13.8. The van der Waals surface area contributed by atoms with Gasteiger partial charge in [0.15, 0.2) is 5.65 Å². The highest BCUT2D eigenvalue weighted by atomic mass is 35.5. The maximum absolute atomic E-state index is 13.8. The second kappa shape index (κ2) is 6.37. The van der Waals surface area contributed by atoms with Crippen LogP contribution in [0.15, 0.2) is 24.4 Å². The second-order valence-corrected chi connectivity index (χ2v) is 7.07. The van der Waals surface area contributed by atoms with Gasteiger partial charge in [-0.15, -0.1) is 0 Å². The lowest BCUT2D eigenvalue weighted by molar-refractivity contribution is 0.0656. The van der Waals surface area contributed by atoms with Crippen molar-refractivity contribution in [1.29, 1.82) is 0 Å². The topological polar surface area (TPSA) is 90.9 Å². The molecule has 0 amide bonds. The van der Waals surface area contributed by atoms with E-state index in [-0.39, 0.29) is 16.5 Å². The van der Waals surface area contributed by atoms with Gasteiger partial charge < -0.3 is 15.8 Å². The highest BCUT2D eigenvalue weighted by molar-refractivity contribution is 6.30. The first-order valence-corrected chi connectivity index (χ1v) is 8.65. The Morgan fingerprint density at radius 2 is 2.04 bits per heavy atom. The summed E-state index contributed by atoms with van der Waals surface area (Å²) in [6, 6.07) is 4.17. The van der Waals surface area contributed by atoms with Crippen LogP contribution in [0.3, 0.4) is 0 Å². The van der Waals surface area contributed by atoms with Crippen LogP contribution in [0.4, 0.5) is 16.3 Å². The smallest absolute Gasteiger partial charge is 0.225 e. The first-order valence-electron chi connectivity index (χ1n) is 8.27. The Bertz CT molecular complexity index is 949. The molecule has 1 aliphatic heterocycles. The molecule has 2 aromatic heterocycles. The molecule has 0 unspecified atom stereocenters. The third kappa shape index (κ3) is 3.17. The minimum absolute atomic E-state index is 0.148. The van der Waals surface area contributed by atoms with E-state index in [2.05, 4.69) is 27.2 Å². The standard InChI is InChI=1S/C17H18ClFN6O/c1-17(2-4-26-5-3-17)24-16-21-9-13-14(23-16)25(15(20)22-13)12-7-10(18)6-11(19)8-12/h6-9H,2-5H2,1H3,(H2,20,22)(H,21,23,24). The molecule has 9 heteroatoms. The van der Waals surface area contributed by atoms with E-state index in [0.717, 1.165) is 12.8 Å². The normalized spacial score (nSPS) is 16.7. The van der Waals surface area contributed by atoms with Gasteiger partial charge in [-0.1, -0.05) is 11.6 Å². The number of benzene rings is 1. The molecule has 1 fully saturated rings. The summed E-state index contributed by atoms with van der Waals surface area (Å²) >= 11 is 5.98. The van der Waals surface area contributed by atoms with Crippen LogP contribution in [-0.4, -0.2) is 38.3 Å². The van der Waals surface area contributed by atoms with Crippen molar-refractivity contribution >= 4 is 34.7 Å².